The molecule has 3 aromatic carbocycles. The topological polar surface area (TPSA) is 22.0 Å². The van der Waals surface area contributed by atoms with Crippen molar-refractivity contribution in [1.29, 1.82) is 0 Å². The van der Waals surface area contributed by atoms with Crippen LogP contribution in [0.15, 0.2) is 83.7 Å². The first kappa shape index (κ1) is 17.3. The van der Waals surface area contributed by atoms with E-state index in [1.807, 2.05) is 55.5 Å². The molecule has 0 aliphatic heterocycles. The summed E-state index contributed by atoms with van der Waals surface area (Å²) < 4.78 is 2.26. The highest BCUT2D eigenvalue weighted by molar-refractivity contribution is 5.89. The second-order valence-corrected chi connectivity index (χ2v) is 7.24. The Kier molecular flexibility index (Phi) is 4.41. The summed E-state index contributed by atoms with van der Waals surface area (Å²) >= 11 is 0. The van der Waals surface area contributed by atoms with Crippen LogP contribution in [0.3, 0.4) is 0 Å². The number of hydrogen-bond donors (Lipinski definition) is 0. The van der Waals surface area contributed by atoms with Crippen LogP contribution in [0.25, 0.3) is 27.8 Å². The van der Waals surface area contributed by atoms with Gasteiger partial charge in [0.25, 0.3) is 0 Å². The summed E-state index contributed by atoms with van der Waals surface area (Å²) in [7, 11) is 0. The minimum atomic E-state index is 0.110. The predicted molar refractivity (Wildman–Crippen MR) is 114 cm³/mol. The molecule has 0 amide bonds. The van der Waals surface area contributed by atoms with E-state index in [4.69, 9.17) is 0 Å². The lowest BCUT2D eigenvalue weighted by molar-refractivity contribution is 0.866. The molecule has 0 saturated carbocycles. The van der Waals surface area contributed by atoms with Gasteiger partial charge < -0.3 is 4.57 Å². The van der Waals surface area contributed by atoms with Crippen molar-refractivity contribution in [2.45, 2.75) is 26.7 Å². The first-order valence-electron chi connectivity index (χ1n) is 9.38. The number of hydrogen-bond acceptors (Lipinski definition) is 1. The molecule has 134 valence electrons. The minimum Gasteiger partial charge on any atom is -0.308 e. The van der Waals surface area contributed by atoms with Crippen molar-refractivity contribution < 1.29 is 0 Å². The van der Waals surface area contributed by atoms with Crippen LogP contribution in [-0.2, 0) is 0 Å². The second kappa shape index (κ2) is 6.88. The number of nitrogens with zero attached hydrogens (tertiary/aromatic N) is 1. The van der Waals surface area contributed by atoms with E-state index in [9.17, 15) is 4.79 Å². The van der Waals surface area contributed by atoms with E-state index in [-0.39, 0.29) is 5.43 Å². The van der Waals surface area contributed by atoms with Gasteiger partial charge in [-0.05, 0) is 42.2 Å². The van der Waals surface area contributed by atoms with Crippen LogP contribution < -0.4 is 5.43 Å². The van der Waals surface area contributed by atoms with E-state index < -0.39 is 0 Å². The zero-order valence-electron chi connectivity index (χ0n) is 15.9. The third-order valence-electron chi connectivity index (χ3n) is 5.14. The highest BCUT2D eigenvalue weighted by Gasteiger charge is 2.19. The van der Waals surface area contributed by atoms with Crippen LogP contribution in [0.5, 0.6) is 0 Å². The summed E-state index contributed by atoms with van der Waals surface area (Å²) in [6.45, 7) is 6.29. The van der Waals surface area contributed by atoms with Crippen molar-refractivity contribution in [3.8, 4) is 16.9 Å². The molecule has 4 aromatic rings. The quantitative estimate of drug-likeness (QED) is 0.437. The molecule has 2 heteroatoms. The summed E-state index contributed by atoms with van der Waals surface area (Å²) in [5, 5.41) is 0.780. The molecule has 0 aliphatic rings. The minimum absolute atomic E-state index is 0.110. The Morgan fingerprint density at radius 2 is 1.41 bits per heavy atom. The molecule has 1 heterocycles. The first-order chi connectivity index (χ1) is 13.1. The predicted octanol–water partition coefficient (Wildman–Crippen LogP) is 6.09. The van der Waals surface area contributed by atoms with Crippen molar-refractivity contribution in [3.63, 3.8) is 0 Å². The molecule has 0 fully saturated rings. The smallest absolute Gasteiger partial charge is 0.192 e. The zero-order valence-corrected chi connectivity index (χ0v) is 15.9. The fourth-order valence-corrected chi connectivity index (χ4v) is 3.83. The number of para-hydroxylation sites is 2. The summed E-state index contributed by atoms with van der Waals surface area (Å²) in [6.07, 6.45) is 0. The molecule has 0 saturated heterocycles. The molecule has 27 heavy (non-hydrogen) atoms. The van der Waals surface area contributed by atoms with Crippen LogP contribution >= 0.6 is 0 Å². The fraction of sp³-hybridized carbons (Fsp3) is 0.160. The maximum absolute atomic E-state index is 13.3. The van der Waals surface area contributed by atoms with E-state index in [2.05, 4.69) is 48.7 Å². The Bertz CT molecular complexity index is 1160. The van der Waals surface area contributed by atoms with Gasteiger partial charge in [0.2, 0.25) is 0 Å². The van der Waals surface area contributed by atoms with Crippen molar-refractivity contribution in [1.82, 2.24) is 4.57 Å². The SMILES string of the molecule is Cc1c(-c2ccccc2)n(-c2ccccc2)c2c(C(C)C)cccc2c1=O. The highest BCUT2D eigenvalue weighted by atomic mass is 16.1. The van der Waals surface area contributed by atoms with Gasteiger partial charge in [-0.3, -0.25) is 4.79 Å². The maximum Gasteiger partial charge on any atom is 0.192 e. The largest absolute Gasteiger partial charge is 0.308 e. The van der Waals surface area contributed by atoms with Gasteiger partial charge in [0.05, 0.1) is 11.2 Å². The van der Waals surface area contributed by atoms with Gasteiger partial charge in [0.1, 0.15) is 0 Å². The number of fused-ring (bicyclic) bond motifs is 1. The lowest BCUT2D eigenvalue weighted by Crippen LogP contribution is -2.17. The van der Waals surface area contributed by atoms with Crippen molar-refractivity contribution in [2.75, 3.05) is 0 Å². The summed E-state index contributed by atoms with van der Waals surface area (Å²) in [4.78, 5) is 13.3. The van der Waals surface area contributed by atoms with Crippen molar-refractivity contribution >= 4 is 10.9 Å². The summed E-state index contributed by atoms with van der Waals surface area (Å²) in [5.74, 6) is 0.314. The molecule has 0 bridgehead atoms. The fourth-order valence-electron chi connectivity index (χ4n) is 3.83. The van der Waals surface area contributed by atoms with Gasteiger partial charge in [0.15, 0.2) is 5.43 Å². The Balaban J connectivity index is 2.28. The Hall–Kier alpha value is -3.13. The second-order valence-electron chi connectivity index (χ2n) is 7.24. The number of aromatic nitrogens is 1. The Labute approximate surface area is 159 Å². The lowest BCUT2D eigenvalue weighted by atomic mass is 9.95. The number of benzene rings is 3. The molecule has 0 unspecified atom stereocenters. The van der Waals surface area contributed by atoms with E-state index >= 15 is 0 Å². The number of rotatable bonds is 3. The molecule has 0 aliphatic carbocycles. The van der Waals surface area contributed by atoms with E-state index in [0.29, 0.717) is 5.92 Å². The van der Waals surface area contributed by atoms with Crippen LogP contribution in [0.1, 0.15) is 30.9 Å². The van der Waals surface area contributed by atoms with Crippen molar-refractivity contribution in [2.24, 2.45) is 0 Å². The van der Waals surface area contributed by atoms with Crippen LogP contribution in [0.2, 0.25) is 0 Å². The summed E-state index contributed by atoms with van der Waals surface area (Å²) in [6, 6.07) is 26.6. The third-order valence-corrected chi connectivity index (χ3v) is 5.14. The molecule has 2 nitrogen and oxygen atoms in total. The van der Waals surface area contributed by atoms with Gasteiger partial charge >= 0.3 is 0 Å². The standard InChI is InChI=1S/C25H23NO/c1-17(2)21-15-10-16-22-24(21)26(20-13-8-5-9-14-20)23(18(3)25(22)27)19-11-6-4-7-12-19/h4-17H,1-3H3. The van der Waals surface area contributed by atoms with Gasteiger partial charge in [-0.2, -0.15) is 0 Å². The molecule has 1 aromatic heterocycles. The molecule has 0 N–H and O–H groups in total. The normalized spacial score (nSPS) is 11.3. The van der Waals surface area contributed by atoms with Crippen molar-refractivity contribution in [3.05, 3.63) is 100 Å². The van der Waals surface area contributed by atoms with Gasteiger partial charge in [-0.15, -0.1) is 0 Å². The first-order valence-corrected chi connectivity index (χ1v) is 9.38. The third kappa shape index (κ3) is 2.87. The molecule has 0 spiro atoms. The molecule has 0 atom stereocenters. The van der Waals surface area contributed by atoms with Gasteiger partial charge in [0, 0.05) is 16.6 Å². The number of pyridine rings is 1. The van der Waals surface area contributed by atoms with Gasteiger partial charge in [-0.1, -0.05) is 74.5 Å². The van der Waals surface area contributed by atoms with Crippen LogP contribution in [0.4, 0.5) is 0 Å². The lowest BCUT2D eigenvalue weighted by Gasteiger charge is -2.23. The Morgan fingerprint density at radius 1 is 0.778 bits per heavy atom. The summed E-state index contributed by atoms with van der Waals surface area (Å²) in [5.41, 5.74) is 6.16. The monoisotopic (exact) mass is 353 g/mol. The van der Waals surface area contributed by atoms with E-state index in [1.165, 1.54) is 5.56 Å². The highest BCUT2D eigenvalue weighted by Crippen LogP contribution is 2.33. The average Bonchev–Trinajstić information content (AvgIpc) is 2.71. The van der Waals surface area contributed by atoms with Crippen LogP contribution in [0, 0.1) is 6.92 Å². The molecular formula is C25H23NO. The van der Waals surface area contributed by atoms with E-state index in [0.717, 1.165) is 33.4 Å². The molecule has 0 radical (unpaired) electrons. The zero-order chi connectivity index (χ0) is 19.0. The van der Waals surface area contributed by atoms with Gasteiger partial charge in [-0.25, -0.2) is 0 Å². The van der Waals surface area contributed by atoms with E-state index in [1.54, 1.807) is 0 Å². The Morgan fingerprint density at radius 3 is 2.04 bits per heavy atom. The average molecular weight is 353 g/mol. The maximum atomic E-state index is 13.3. The molecule has 4 rings (SSSR count). The van der Waals surface area contributed by atoms with Crippen LogP contribution in [-0.4, -0.2) is 4.57 Å². The molecular weight excluding hydrogens is 330 g/mol.